The lowest BCUT2D eigenvalue weighted by molar-refractivity contribution is 0.142. The van der Waals surface area contributed by atoms with Crippen LogP contribution in [0.15, 0.2) is 23.2 Å². The number of hydrogen-bond donors (Lipinski definition) is 1. The molecule has 1 rings (SSSR count). The normalized spacial score (nSPS) is 13.4. The molecular weight excluding hydrogens is 290 g/mol. The summed E-state index contributed by atoms with van der Waals surface area (Å²) in [5.74, 6) is 0.405. The Morgan fingerprint density at radius 3 is 2.71 bits per heavy atom. The molecule has 1 heterocycles. The summed E-state index contributed by atoms with van der Waals surface area (Å²) in [7, 11) is -2.04. The van der Waals surface area contributed by atoms with Gasteiger partial charge < -0.3 is 10.1 Å². The summed E-state index contributed by atoms with van der Waals surface area (Å²) in [6, 6.07) is 2.99. The van der Waals surface area contributed by atoms with Crippen molar-refractivity contribution < 1.29 is 13.2 Å². The molecule has 1 unspecified atom stereocenters. The van der Waals surface area contributed by atoms with Crippen LogP contribution in [-0.2, 0) is 14.8 Å². The van der Waals surface area contributed by atoms with E-state index in [1.165, 1.54) is 4.31 Å². The smallest absolute Gasteiger partial charge is 0.247 e. The highest BCUT2D eigenvalue weighted by atomic mass is 32.2. The molecule has 7 heteroatoms. The Kier molecular flexibility index (Phi) is 7.07. The minimum atomic E-state index is -3.61. The van der Waals surface area contributed by atoms with Crippen LogP contribution in [0.3, 0.4) is 0 Å². The summed E-state index contributed by atoms with van der Waals surface area (Å²) in [6.45, 7) is 7.09. The molecule has 0 radical (unpaired) electrons. The second kappa shape index (κ2) is 8.31. The summed E-state index contributed by atoms with van der Waals surface area (Å²) in [5.41, 5.74) is 0. The molecule has 0 fully saturated rings. The molecule has 1 N–H and O–H groups in total. The maximum absolute atomic E-state index is 12.9. The van der Waals surface area contributed by atoms with Crippen LogP contribution >= 0.6 is 0 Å². The molecule has 120 valence electrons. The highest BCUT2D eigenvalue weighted by molar-refractivity contribution is 7.89. The fourth-order valence-corrected chi connectivity index (χ4v) is 3.89. The first kappa shape index (κ1) is 17.9. The van der Waals surface area contributed by atoms with Crippen molar-refractivity contribution in [3.8, 4) is 0 Å². The van der Waals surface area contributed by atoms with E-state index in [1.54, 1.807) is 25.4 Å². The number of hydrogen-bond acceptors (Lipinski definition) is 5. The Morgan fingerprint density at radius 1 is 1.43 bits per heavy atom. The number of ether oxygens (including phenoxy) is 1. The second-order valence-electron chi connectivity index (χ2n) is 4.79. The molecule has 1 aromatic heterocycles. The third kappa shape index (κ3) is 4.39. The third-order valence-corrected chi connectivity index (χ3v) is 5.23. The van der Waals surface area contributed by atoms with Crippen LogP contribution in [-0.4, -0.2) is 50.6 Å². The summed E-state index contributed by atoms with van der Waals surface area (Å²) in [6.07, 6.45) is 2.49. The zero-order chi connectivity index (χ0) is 15.9. The van der Waals surface area contributed by atoms with Crippen LogP contribution in [0.25, 0.3) is 0 Å². The third-order valence-electron chi connectivity index (χ3n) is 3.11. The highest BCUT2D eigenvalue weighted by Gasteiger charge is 2.30. The maximum Gasteiger partial charge on any atom is 0.247 e. The number of likely N-dealkylation sites (N-methyl/N-ethyl adjacent to an activating group) is 1. The zero-order valence-corrected chi connectivity index (χ0v) is 14.0. The van der Waals surface area contributed by atoms with Crippen LogP contribution in [0.2, 0.25) is 0 Å². The first-order valence-electron chi connectivity index (χ1n) is 7.18. The van der Waals surface area contributed by atoms with Gasteiger partial charge in [-0.05, 0) is 25.5 Å². The predicted octanol–water partition coefficient (Wildman–Crippen LogP) is 1.95. The molecule has 0 aliphatic carbocycles. The van der Waals surface area contributed by atoms with Crippen molar-refractivity contribution in [1.29, 1.82) is 0 Å². The number of nitrogens with one attached hydrogen (secondary N) is 1. The van der Waals surface area contributed by atoms with Gasteiger partial charge in [0.25, 0.3) is 0 Å². The Hall–Kier alpha value is -1.18. The molecule has 0 saturated carbocycles. The van der Waals surface area contributed by atoms with Crippen LogP contribution < -0.4 is 5.32 Å². The van der Waals surface area contributed by atoms with Crippen LogP contribution in [0.4, 0.5) is 5.82 Å². The standard InChI is InChI=1S/C14H25N3O3S/c1-5-9-15-14-13(8-7-10-16-14)21(18,19)17(6-2)12(3)11-20-4/h7-8,10,12H,5-6,9,11H2,1-4H3,(H,15,16). The lowest BCUT2D eigenvalue weighted by Crippen LogP contribution is -2.41. The van der Waals surface area contributed by atoms with Crippen molar-refractivity contribution >= 4 is 15.8 Å². The summed E-state index contributed by atoms with van der Waals surface area (Å²) >= 11 is 0. The van der Waals surface area contributed by atoms with E-state index >= 15 is 0 Å². The van der Waals surface area contributed by atoms with E-state index in [2.05, 4.69) is 10.3 Å². The summed E-state index contributed by atoms with van der Waals surface area (Å²) < 4.78 is 32.2. The molecule has 0 aliphatic heterocycles. The van der Waals surface area contributed by atoms with E-state index in [0.717, 1.165) is 6.42 Å². The molecule has 0 amide bonds. The number of methoxy groups -OCH3 is 1. The van der Waals surface area contributed by atoms with Gasteiger partial charge in [0.2, 0.25) is 10.0 Å². The Labute approximate surface area is 127 Å². The van der Waals surface area contributed by atoms with E-state index < -0.39 is 10.0 Å². The number of nitrogens with zero attached hydrogens (tertiary/aromatic N) is 2. The Bertz CT molecular complexity index is 534. The molecule has 0 saturated heterocycles. The first-order chi connectivity index (χ1) is 9.98. The minimum Gasteiger partial charge on any atom is -0.383 e. The molecular formula is C14H25N3O3S. The molecule has 0 spiro atoms. The first-order valence-corrected chi connectivity index (χ1v) is 8.62. The van der Waals surface area contributed by atoms with E-state index in [1.807, 2.05) is 20.8 Å². The lowest BCUT2D eigenvalue weighted by Gasteiger charge is -2.27. The SMILES string of the molecule is CCCNc1ncccc1S(=O)(=O)N(CC)C(C)COC. The van der Waals surface area contributed by atoms with Crippen molar-refractivity contribution in [1.82, 2.24) is 9.29 Å². The summed E-state index contributed by atoms with van der Waals surface area (Å²) in [5, 5.41) is 3.07. The molecule has 1 aromatic rings. The minimum absolute atomic E-state index is 0.211. The number of aromatic nitrogens is 1. The molecule has 1 atom stereocenters. The van der Waals surface area contributed by atoms with Crippen molar-refractivity contribution in [2.45, 2.75) is 38.1 Å². The van der Waals surface area contributed by atoms with E-state index in [0.29, 0.717) is 25.5 Å². The number of anilines is 1. The van der Waals surface area contributed by atoms with Crippen molar-refractivity contribution in [2.75, 3.05) is 32.1 Å². The Morgan fingerprint density at radius 2 is 2.14 bits per heavy atom. The quantitative estimate of drug-likeness (QED) is 0.754. The molecule has 6 nitrogen and oxygen atoms in total. The number of sulfonamides is 1. The lowest BCUT2D eigenvalue weighted by atomic mass is 10.4. The van der Waals surface area contributed by atoms with Gasteiger partial charge in [0, 0.05) is 32.4 Å². The number of pyridine rings is 1. The van der Waals surface area contributed by atoms with Gasteiger partial charge in [-0.25, -0.2) is 13.4 Å². The van der Waals surface area contributed by atoms with Crippen molar-refractivity contribution in [3.05, 3.63) is 18.3 Å². The molecule has 0 bridgehead atoms. The average Bonchev–Trinajstić information content (AvgIpc) is 2.46. The van der Waals surface area contributed by atoms with Gasteiger partial charge >= 0.3 is 0 Å². The molecule has 0 aromatic carbocycles. The van der Waals surface area contributed by atoms with Crippen molar-refractivity contribution in [2.24, 2.45) is 0 Å². The largest absolute Gasteiger partial charge is 0.383 e. The highest BCUT2D eigenvalue weighted by Crippen LogP contribution is 2.24. The van der Waals surface area contributed by atoms with Crippen LogP contribution in [0, 0.1) is 0 Å². The van der Waals surface area contributed by atoms with E-state index in [4.69, 9.17) is 4.74 Å². The van der Waals surface area contributed by atoms with Gasteiger partial charge in [-0.1, -0.05) is 13.8 Å². The van der Waals surface area contributed by atoms with Gasteiger partial charge in [0.15, 0.2) is 0 Å². The fourth-order valence-electron chi connectivity index (χ4n) is 2.14. The molecule has 0 aliphatic rings. The maximum atomic E-state index is 12.9. The average molecular weight is 315 g/mol. The second-order valence-corrected chi connectivity index (χ2v) is 6.65. The van der Waals surface area contributed by atoms with Crippen LogP contribution in [0.5, 0.6) is 0 Å². The van der Waals surface area contributed by atoms with Gasteiger partial charge in [-0.2, -0.15) is 4.31 Å². The van der Waals surface area contributed by atoms with Gasteiger partial charge in [0.05, 0.1) is 6.61 Å². The predicted molar refractivity (Wildman–Crippen MR) is 83.9 cm³/mol. The fraction of sp³-hybridized carbons (Fsp3) is 0.643. The van der Waals surface area contributed by atoms with E-state index in [-0.39, 0.29) is 10.9 Å². The molecule has 21 heavy (non-hydrogen) atoms. The Balaban J connectivity index is 3.16. The van der Waals surface area contributed by atoms with Crippen molar-refractivity contribution in [3.63, 3.8) is 0 Å². The van der Waals surface area contributed by atoms with Gasteiger partial charge in [-0.3, -0.25) is 0 Å². The monoisotopic (exact) mass is 315 g/mol. The summed E-state index contributed by atoms with van der Waals surface area (Å²) in [4.78, 5) is 4.37. The van der Waals surface area contributed by atoms with Gasteiger partial charge in [0.1, 0.15) is 10.7 Å². The number of rotatable bonds is 9. The van der Waals surface area contributed by atoms with E-state index in [9.17, 15) is 8.42 Å². The van der Waals surface area contributed by atoms with Gasteiger partial charge in [-0.15, -0.1) is 0 Å². The topological polar surface area (TPSA) is 71.5 Å². The van der Waals surface area contributed by atoms with Crippen LogP contribution in [0.1, 0.15) is 27.2 Å². The zero-order valence-electron chi connectivity index (χ0n) is 13.2.